The second-order valence-electron chi connectivity index (χ2n) is 6.93. The predicted molar refractivity (Wildman–Crippen MR) is 94.5 cm³/mol. The summed E-state index contributed by atoms with van der Waals surface area (Å²) in [5.41, 5.74) is 2.11. The lowest BCUT2D eigenvalue weighted by molar-refractivity contribution is -0.0596. The second kappa shape index (κ2) is 5.74. The van der Waals surface area contributed by atoms with Gasteiger partial charge in [0, 0.05) is 19.3 Å². The molecule has 2 fully saturated rings. The van der Waals surface area contributed by atoms with E-state index in [1.807, 2.05) is 18.2 Å². The summed E-state index contributed by atoms with van der Waals surface area (Å²) < 4.78 is 8.22. The standard InChI is InChI=1S/C19H22N4O/c1-2-7-17-16(6-1)20-19-21-18(10-13-23(17)19)22-11-8-15(9-12-22)24-14-4-3-5-14/h1-2,6-7,10,13-15H,3-5,8-9,11-12H2. The highest BCUT2D eigenvalue weighted by atomic mass is 16.5. The minimum Gasteiger partial charge on any atom is -0.375 e. The van der Waals surface area contributed by atoms with Crippen molar-refractivity contribution in [3.63, 3.8) is 0 Å². The van der Waals surface area contributed by atoms with Gasteiger partial charge in [-0.2, -0.15) is 4.98 Å². The number of aromatic nitrogens is 3. The highest BCUT2D eigenvalue weighted by Gasteiger charge is 2.26. The number of hydrogen-bond acceptors (Lipinski definition) is 4. The first kappa shape index (κ1) is 14.2. The number of anilines is 1. The molecule has 0 unspecified atom stereocenters. The molecule has 0 atom stereocenters. The molecular formula is C19H22N4O. The van der Waals surface area contributed by atoms with Crippen molar-refractivity contribution in [2.24, 2.45) is 0 Å². The fourth-order valence-electron chi connectivity index (χ4n) is 3.71. The van der Waals surface area contributed by atoms with Crippen LogP contribution in [0.4, 0.5) is 5.82 Å². The summed E-state index contributed by atoms with van der Waals surface area (Å²) in [4.78, 5) is 11.8. The Morgan fingerprint density at radius 3 is 2.50 bits per heavy atom. The van der Waals surface area contributed by atoms with Gasteiger partial charge >= 0.3 is 0 Å². The topological polar surface area (TPSA) is 42.7 Å². The van der Waals surface area contributed by atoms with Crippen molar-refractivity contribution < 1.29 is 4.74 Å². The van der Waals surface area contributed by atoms with Gasteiger partial charge in [-0.25, -0.2) is 4.98 Å². The van der Waals surface area contributed by atoms with E-state index in [0.717, 1.165) is 48.6 Å². The van der Waals surface area contributed by atoms with E-state index < -0.39 is 0 Å². The number of ether oxygens (including phenoxy) is 1. The number of fused-ring (bicyclic) bond motifs is 3. The molecule has 1 aromatic carbocycles. The molecule has 2 aliphatic rings. The molecule has 1 aliphatic heterocycles. The molecule has 24 heavy (non-hydrogen) atoms. The number of piperidine rings is 1. The third-order valence-corrected chi connectivity index (χ3v) is 5.37. The van der Waals surface area contributed by atoms with Crippen LogP contribution < -0.4 is 4.90 Å². The second-order valence-corrected chi connectivity index (χ2v) is 6.93. The first-order chi connectivity index (χ1) is 11.9. The lowest BCUT2D eigenvalue weighted by atomic mass is 9.95. The van der Waals surface area contributed by atoms with Gasteiger partial charge in [0.1, 0.15) is 5.82 Å². The van der Waals surface area contributed by atoms with Crippen molar-refractivity contribution in [2.75, 3.05) is 18.0 Å². The molecule has 1 saturated carbocycles. The summed E-state index contributed by atoms with van der Waals surface area (Å²) in [6, 6.07) is 10.3. The molecule has 5 nitrogen and oxygen atoms in total. The minimum absolute atomic E-state index is 0.435. The molecule has 5 rings (SSSR count). The van der Waals surface area contributed by atoms with Gasteiger partial charge in [0.25, 0.3) is 0 Å². The maximum atomic E-state index is 6.16. The Morgan fingerprint density at radius 1 is 0.917 bits per heavy atom. The maximum absolute atomic E-state index is 6.16. The fourth-order valence-corrected chi connectivity index (χ4v) is 3.71. The van der Waals surface area contributed by atoms with Crippen molar-refractivity contribution in [2.45, 2.75) is 44.3 Å². The summed E-state index contributed by atoms with van der Waals surface area (Å²) in [5, 5.41) is 0. The Bertz CT molecular complexity index is 862. The fraction of sp³-hybridized carbons (Fsp3) is 0.474. The van der Waals surface area contributed by atoms with E-state index in [2.05, 4.69) is 32.6 Å². The van der Waals surface area contributed by atoms with Gasteiger partial charge in [0.15, 0.2) is 0 Å². The van der Waals surface area contributed by atoms with Crippen LogP contribution in [0.2, 0.25) is 0 Å². The summed E-state index contributed by atoms with van der Waals surface area (Å²) in [6.45, 7) is 2.03. The van der Waals surface area contributed by atoms with Gasteiger partial charge in [0.05, 0.1) is 23.2 Å². The third-order valence-electron chi connectivity index (χ3n) is 5.37. The summed E-state index contributed by atoms with van der Waals surface area (Å²) in [6.07, 6.45) is 9.10. The van der Waals surface area contributed by atoms with Crippen LogP contribution in [0.3, 0.4) is 0 Å². The molecule has 1 saturated heterocycles. The first-order valence-corrected chi connectivity index (χ1v) is 9.01. The summed E-state index contributed by atoms with van der Waals surface area (Å²) >= 11 is 0. The van der Waals surface area contributed by atoms with E-state index in [1.54, 1.807) is 0 Å². The average Bonchev–Trinajstić information content (AvgIpc) is 2.96. The third kappa shape index (κ3) is 2.44. The smallest absolute Gasteiger partial charge is 0.236 e. The van der Waals surface area contributed by atoms with Crippen LogP contribution in [0.25, 0.3) is 16.8 Å². The van der Waals surface area contributed by atoms with Gasteiger partial charge in [-0.1, -0.05) is 12.1 Å². The molecule has 124 valence electrons. The molecular weight excluding hydrogens is 300 g/mol. The Kier molecular flexibility index (Phi) is 3.40. The molecule has 3 aromatic rings. The molecule has 0 amide bonds. The molecule has 0 bridgehead atoms. The van der Waals surface area contributed by atoms with Crippen molar-refractivity contribution in [3.05, 3.63) is 36.5 Å². The Morgan fingerprint density at radius 2 is 1.71 bits per heavy atom. The Hall–Kier alpha value is -2.14. The number of nitrogens with zero attached hydrogens (tertiary/aromatic N) is 4. The first-order valence-electron chi connectivity index (χ1n) is 9.01. The molecule has 0 spiro atoms. The molecule has 0 N–H and O–H groups in total. The van der Waals surface area contributed by atoms with Crippen molar-refractivity contribution in [3.8, 4) is 0 Å². The van der Waals surface area contributed by atoms with Gasteiger partial charge in [-0.05, 0) is 50.3 Å². The predicted octanol–water partition coefficient (Wildman–Crippen LogP) is 3.42. The minimum atomic E-state index is 0.435. The zero-order valence-corrected chi connectivity index (χ0v) is 13.8. The van der Waals surface area contributed by atoms with Crippen molar-refractivity contribution in [1.82, 2.24) is 14.4 Å². The van der Waals surface area contributed by atoms with E-state index in [9.17, 15) is 0 Å². The Labute approximate surface area is 141 Å². The monoisotopic (exact) mass is 322 g/mol. The number of benzene rings is 1. The van der Waals surface area contributed by atoms with Crippen LogP contribution in [0.15, 0.2) is 36.5 Å². The highest BCUT2D eigenvalue weighted by Crippen LogP contribution is 2.28. The van der Waals surface area contributed by atoms with Crippen LogP contribution >= 0.6 is 0 Å². The average molecular weight is 322 g/mol. The number of imidazole rings is 1. The van der Waals surface area contributed by atoms with Gasteiger partial charge in [0.2, 0.25) is 5.78 Å². The Balaban J connectivity index is 1.34. The van der Waals surface area contributed by atoms with E-state index in [-0.39, 0.29) is 0 Å². The van der Waals surface area contributed by atoms with Crippen LogP contribution in [-0.4, -0.2) is 39.7 Å². The zero-order valence-electron chi connectivity index (χ0n) is 13.8. The SMILES string of the molecule is c1ccc2c(c1)nc1nc(N3CCC(OC4CCC4)CC3)ccn12. The summed E-state index contributed by atoms with van der Waals surface area (Å²) in [5.74, 6) is 1.81. The van der Waals surface area contributed by atoms with Crippen LogP contribution in [0.5, 0.6) is 0 Å². The van der Waals surface area contributed by atoms with Crippen LogP contribution in [-0.2, 0) is 4.74 Å². The molecule has 1 aliphatic carbocycles. The zero-order chi connectivity index (χ0) is 15.9. The normalized spacial score (nSPS) is 19.9. The van der Waals surface area contributed by atoms with Gasteiger partial charge < -0.3 is 9.64 Å². The lowest BCUT2D eigenvalue weighted by Crippen LogP contribution is -2.40. The van der Waals surface area contributed by atoms with E-state index >= 15 is 0 Å². The van der Waals surface area contributed by atoms with Crippen LogP contribution in [0, 0.1) is 0 Å². The van der Waals surface area contributed by atoms with Crippen molar-refractivity contribution in [1.29, 1.82) is 0 Å². The largest absolute Gasteiger partial charge is 0.375 e. The van der Waals surface area contributed by atoms with Gasteiger partial charge in [-0.15, -0.1) is 0 Å². The molecule has 2 aromatic heterocycles. The van der Waals surface area contributed by atoms with Crippen LogP contribution in [0.1, 0.15) is 32.1 Å². The van der Waals surface area contributed by atoms with Gasteiger partial charge in [-0.3, -0.25) is 4.40 Å². The highest BCUT2D eigenvalue weighted by molar-refractivity contribution is 5.79. The quantitative estimate of drug-likeness (QED) is 0.741. The number of hydrogen-bond donors (Lipinski definition) is 0. The van der Waals surface area contributed by atoms with Crippen molar-refractivity contribution >= 4 is 22.6 Å². The van der Waals surface area contributed by atoms with E-state index in [1.165, 1.54) is 19.3 Å². The maximum Gasteiger partial charge on any atom is 0.236 e. The van der Waals surface area contributed by atoms with E-state index in [4.69, 9.17) is 9.72 Å². The lowest BCUT2D eigenvalue weighted by Gasteiger charge is -2.36. The molecule has 0 radical (unpaired) electrons. The summed E-state index contributed by atoms with van der Waals surface area (Å²) in [7, 11) is 0. The number of rotatable bonds is 3. The molecule has 3 heterocycles. The number of para-hydroxylation sites is 2. The van der Waals surface area contributed by atoms with E-state index in [0.29, 0.717) is 12.2 Å². The molecule has 5 heteroatoms.